The van der Waals surface area contributed by atoms with Gasteiger partial charge in [-0.15, -0.1) is 0 Å². The minimum absolute atomic E-state index is 0.366. The molecule has 0 bridgehead atoms. The van der Waals surface area contributed by atoms with Gasteiger partial charge in [-0.3, -0.25) is 0 Å². The van der Waals surface area contributed by atoms with Crippen molar-refractivity contribution in [2.24, 2.45) is 0 Å². The molecule has 2 N–H and O–H groups in total. The van der Waals surface area contributed by atoms with Crippen LogP contribution in [0.3, 0.4) is 0 Å². The first-order valence-corrected chi connectivity index (χ1v) is 9.92. The highest BCUT2D eigenvalue weighted by atomic mass is 19.4. The van der Waals surface area contributed by atoms with Gasteiger partial charge in [-0.2, -0.15) is 13.2 Å². The summed E-state index contributed by atoms with van der Waals surface area (Å²) in [5.41, 5.74) is -1.86. The van der Waals surface area contributed by atoms with Crippen LogP contribution in [0, 0.1) is 0 Å². The van der Waals surface area contributed by atoms with Gasteiger partial charge in [0, 0.05) is 17.6 Å². The van der Waals surface area contributed by atoms with Crippen molar-refractivity contribution < 1.29 is 18.3 Å². The predicted molar refractivity (Wildman–Crippen MR) is 115 cm³/mol. The van der Waals surface area contributed by atoms with Crippen LogP contribution < -0.4 is 0 Å². The summed E-state index contributed by atoms with van der Waals surface area (Å²) < 4.78 is 42.2. The second kappa shape index (κ2) is 7.17. The van der Waals surface area contributed by atoms with E-state index in [1.165, 1.54) is 0 Å². The predicted octanol–water partition coefficient (Wildman–Crippen LogP) is 6.52. The summed E-state index contributed by atoms with van der Waals surface area (Å²) in [7, 11) is 0. The summed E-state index contributed by atoms with van der Waals surface area (Å²) >= 11 is 0. The van der Waals surface area contributed by atoms with Gasteiger partial charge in [0.15, 0.2) is 5.60 Å². The van der Waals surface area contributed by atoms with Crippen LogP contribution >= 0.6 is 0 Å². The number of nitrogens with one attached hydrogen (secondary N) is 1. The molecule has 4 rings (SSSR count). The van der Waals surface area contributed by atoms with Crippen molar-refractivity contribution in [3.05, 3.63) is 84.1 Å². The van der Waals surface area contributed by atoms with Gasteiger partial charge in [0.1, 0.15) is 0 Å². The van der Waals surface area contributed by atoms with E-state index in [-0.39, 0.29) is 0 Å². The van der Waals surface area contributed by atoms with Gasteiger partial charge in [-0.25, -0.2) is 0 Å². The molecule has 0 spiro atoms. The van der Waals surface area contributed by atoms with E-state index in [9.17, 15) is 18.3 Å². The van der Waals surface area contributed by atoms with Crippen molar-refractivity contribution in [2.75, 3.05) is 0 Å². The molecule has 1 atom stereocenters. The Balaban J connectivity index is 1.68. The quantitative estimate of drug-likeness (QED) is 0.385. The van der Waals surface area contributed by atoms with Crippen LogP contribution in [0.4, 0.5) is 13.2 Å². The molecule has 1 unspecified atom stereocenters. The number of aromatic amines is 1. The number of benzene rings is 3. The topological polar surface area (TPSA) is 36.0 Å². The first kappa shape index (κ1) is 20.5. The summed E-state index contributed by atoms with van der Waals surface area (Å²) in [5.74, 6) is 0. The maximum atomic E-state index is 14.1. The Kier molecular flexibility index (Phi) is 4.89. The Bertz CT molecular complexity index is 1160. The molecule has 4 aromatic rings. The molecule has 0 aliphatic rings. The second-order valence-electron chi connectivity index (χ2n) is 8.71. The van der Waals surface area contributed by atoms with Gasteiger partial charge in [-0.05, 0) is 45.7 Å². The van der Waals surface area contributed by atoms with Crippen molar-refractivity contribution in [3.63, 3.8) is 0 Å². The molecule has 0 aliphatic carbocycles. The fraction of sp³-hybridized carbons (Fsp3) is 0.280. The zero-order valence-electron chi connectivity index (χ0n) is 16.9. The number of hydrogen-bond donors (Lipinski definition) is 2. The number of alkyl halides is 3. The average Bonchev–Trinajstić information content (AvgIpc) is 3.08. The standard InChI is InChI=1S/C25H24F3NO/c1-23(2,20-12-11-17-7-3-4-8-18(17)13-20)16-24(30,25(26,27)28)15-21-14-19-9-5-6-10-22(19)29-21/h3-14,29-30H,15-16H2,1-2H3. The third kappa shape index (κ3) is 3.82. The summed E-state index contributed by atoms with van der Waals surface area (Å²) in [6, 6.07) is 22.4. The molecule has 156 valence electrons. The van der Waals surface area contributed by atoms with E-state index in [0.29, 0.717) is 5.69 Å². The number of para-hydroxylation sites is 1. The van der Waals surface area contributed by atoms with Crippen LogP contribution in [0.5, 0.6) is 0 Å². The normalized spacial score (nSPS) is 14.9. The summed E-state index contributed by atoms with van der Waals surface area (Å²) in [6.07, 6.45) is -5.74. The molecule has 5 heteroatoms. The number of aliphatic hydroxyl groups is 1. The Morgan fingerprint density at radius 2 is 1.43 bits per heavy atom. The molecular formula is C25H24F3NO. The van der Waals surface area contributed by atoms with Gasteiger partial charge in [0.25, 0.3) is 0 Å². The van der Waals surface area contributed by atoms with E-state index in [0.717, 1.165) is 27.2 Å². The minimum Gasteiger partial charge on any atom is -0.380 e. The molecule has 1 aromatic heterocycles. The third-order valence-electron chi connectivity index (χ3n) is 5.86. The van der Waals surface area contributed by atoms with Crippen molar-refractivity contribution in [3.8, 4) is 0 Å². The first-order valence-electron chi connectivity index (χ1n) is 9.92. The molecule has 0 saturated carbocycles. The molecule has 1 heterocycles. The molecule has 0 fully saturated rings. The summed E-state index contributed by atoms with van der Waals surface area (Å²) in [6.45, 7) is 3.50. The highest BCUT2D eigenvalue weighted by Gasteiger charge is 2.56. The minimum atomic E-state index is -4.77. The van der Waals surface area contributed by atoms with Crippen LogP contribution in [0.25, 0.3) is 21.7 Å². The molecule has 0 amide bonds. The number of halogens is 3. The van der Waals surface area contributed by atoms with Gasteiger partial charge >= 0.3 is 6.18 Å². The number of fused-ring (bicyclic) bond motifs is 2. The van der Waals surface area contributed by atoms with E-state index in [1.807, 2.05) is 66.7 Å². The lowest BCUT2D eigenvalue weighted by atomic mass is 9.73. The number of aromatic nitrogens is 1. The largest absolute Gasteiger partial charge is 0.417 e. The smallest absolute Gasteiger partial charge is 0.380 e. The Morgan fingerprint density at radius 3 is 2.10 bits per heavy atom. The lowest BCUT2D eigenvalue weighted by Gasteiger charge is -2.38. The zero-order chi connectivity index (χ0) is 21.6. The van der Waals surface area contributed by atoms with Crippen LogP contribution in [0.2, 0.25) is 0 Å². The van der Waals surface area contributed by atoms with E-state index < -0.39 is 30.0 Å². The number of H-pyrrole nitrogens is 1. The fourth-order valence-electron chi connectivity index (χ4n) is 4.25. The highest BCUT2D eigenvalue weighted by molar-refractivity contribution is 5.83. The van der Waals surface area contributed by atoms with Gasteiger partial charge in [0.05, 0.1) is 0 Å². The molecule has 30 heavy (non-hydrogen) atoms. The van der Waals surface area contributed by atoms with Crippen molar-refractivity contribution >= 4 is 21.7 Å². The van der Waals surface area contributed by atoms with E-state index >= 15 is 0 Å². The maximum Gasteiger partial charge on any atom is 0.417 e. The Labute approximate surface area is 173 Å². The van der Waals surface area contributed by atoms with Gasteiger partial charge in [-0.1, -0.05) is 74.5 Å². The highest BCUT2D eigenvalue weighted by Crippen LogP contribution is 2.43. The molecular weight excluding hydrogens is 387 g/mol. The van der Waals surface area contributed by atoms with E-state index in [4.69, 9.17) is 0 Å². The monoisotopic (exact) mass is 411 g/mol. The zero-order valence-corrected chi connectivity index (χ0v) is 16.9. The van der Waals surface area contributed by atoms with Crippen LogP contribution in [-0.4, -0.2) is 21.9 Å². The van der Waals surface area contributed by atoms with Crippen molar-refractivity contribution in [2.45, 2.75) is 43.9 Å². The second-order valence-corrected chi connectivity index (χ2v) is 8.71. The molecule has 0 aliphatic heterocycles. The lowest BCUT2D eigenvalue weighted by molar-refractivity contribution is -0.266. The lowest BCUT2D eigenvalue weighted by Crippen LogP contribution is -2.50. The van der Waals surface area contributed by atoms with Gasteiger partial charge in [0.2, 0.25) is 0 Å². The van der Waals surface area contributed by atoms with Crippen LogP contribution in [-0.2, 0) is 11.8 Å². The van der Waals surface area contributed by atoms with E-state index in [2.05, 4.69) is 4.98 Å². The van der Waals surface area contributed by atoms with Crippen molar-refractivity contribution in [1.29, 1.82) is 0 Å². The first-order chi connectivity index (χ1) is 14.1. The summed E-state index contributed by atoms with van der Waals surface area (Å²) in [4.78, 5) is 3.01. The molecule has 2 nitrogen and oxygen atoms in total. The SMILES string of the molecule is CC(C)(CC(O)(Cc1cc2ccccc2[nH]1)C(F)(F)F)c1ccc2ccccc2c1. The fourth-order valence-corrected chi connectivity index (χ4v) is 4.25. The number of hydrogen-bond acceptors (Lipinski definition) is 1. The van der Waals surface area contributed by atoms with E-state index in [1.54, 1.807) is 19.9 Å². The van der Waals surface area contributed by atoms with Crippen LogP contribution in [0.15, 0.2) is 72.8 Å². The van der Waals surface area contributed by atoms with Gasteiger partial charge < -0.3 is 10.1 Å². The maximum absolute atomic E-state index is 14.1. The van der Waals surface area contributed by atoms with Crippen molar-refractivity contribution in [1.82, 2.24) is 4.98 Å². The summed E-state index contributed by atoms with van der Waals surface area (Å²) in [5, 5.41) is 13.7. The Morgan fingerprint density at radius 1 is 0.800 bits per heavy atom. The molecule has 0 radical (unpaired) electrons. The average molecular weight is 411 g/mol. The third-order valence-corrected chi connectivity index (χ3v) is 5.86. The van der Waals surface area contributed by atoms with Crippen LogP contribution in [0.1, 0.15) is 31.5 Å². The molecule has 0 saturated heterocycles. The Hall–Kier alpha value is -2.79. The molecule has 3 aromatic carbocycles. The number of rotatable bonds is 5.